The summed E-state index contributed by atoms with van der Waals surface area (Å²) in [7, 11) is 0. The Morgan fingerprint density at radius 3 is 0.691 bits per heavy atom. The van der Waals surface area contributed by atoms with Gasteiger partial charge in [0.25, 0.3) is 0 Å². The maximum absolute atomic E-state index is 9.77. The predicted octanol–water partition coefficient (Wildman–Crippen LogP) is 36.1. The van der Waals surface area contributed by atoms with Gasteiger partial charge in [0.2, 0.25) is 0 Å². The molecule has 0 aromatic heterocycles. The van der Waals surface area contributed by atoms with Gasteiger partial charge in [-0.2, -0.15) is 0 Å². The minimum Gasteiger partial charge on any atom is -0.355 e. The number of hydrogen-bond acceptors (Lipinski definition) is 3. The Labute approximate surface area is 750 Å². The van der Waals surface area contributed by atoms with Crippen LogP contribution in [0.4, 0.5) is 34.1 Å². The van der Waals surface area contributed by atoms with E-state index in [0.717, 1.165) is 219 Å². The van der Waals surface area contributed by atoms with E-state index < -0.39 is 35.4 Å². The summed E-state index contributed by atoms with van der Waals surface area (Å²) in [6, 6.07) is 91.7. The minimum absolute atomic E-state index is 0.0905. The van der Waals surface area contributed by atoms with Crippen LogP contribution in [0.1, 0.15) is 355 Å². The van der Waals surface area contributed by atoms with E-state index in [9.17, 15) is 5.48 Å². The minimum atomic E-state index is -0.610. The molecule has 0 unspecified atom stereocenters. The molecule has 9 aliphatic carbocycles. The van der Waals surface area contributed by atoms with E-state index in [-0.39, 0.29) is 16.2 Å². The second kappa shape index (κ2) is 38.3. The second-order valence-corrected chi connectivity index (χ2v) is 39.4. The first kappa shape index (κ1) is 79.0. The fourth-order valence-electron chi connectivity index (χ4n) is 20.4. The summed E-state index contributed by atoms with van der Waals surface area (Å²) in [6.45, 7) is 31.2. The van der Waals surface area contributed by atoms with Gasteiger partial charge < -0.3 is 16.0 Å². The molecule has 636 valence electrons. The Morgan fingerprint density at radius 1 is 0.236 bits per heavy atom. The SMILES string of the molecule is CC(C)C.CC(C)C.CCC.[2H]C1(c2cc(-c3ccccc3)ccc2Nc2cc3c(cc2C2([2H])CC2)-c2ccccc2C3(C)C)CC1.[2H]C1(c2cc(-c3ccccc3)ccc2Nc2cc3c(cc2C2([2H])CCCC2)-c2ccccc2C3(C)C)CCCC1.[2H]C1(c2cc(-c3ccccc3)ccc2Nc2cc3c(cc2C2([2H])CCCCC2)-c2ccccc2C3(C)C)CCCCC1. The van der Waals surface area contributed by atoms with Crippen molar-refractivity contribution in [3.8, 4) is 66.8 Å². The summed E-state index contributed by atoms with van der Waals surface area (Å²) < 4.78 is 56.8. The van der Waals surface area contributed by atoms with E-state index in [4.69, 9.17) is 2.74 Å². The molecule has 21 rings (SSSR count). The van der Waals surface area contributed by atoms with Crippen LogP contribution < -0.4 is 16.0 Å². The molecular formula is C120H141N3. The second-order valence-electron chi connectivity index (χ2n) is 39.4. The van der Waals surface area contributed by atoms with Gasteiger partial charge in [0.15, 0.2) is 0 Å². The van der Waals surface area contributed by atoms with Gasteiger partial charge in [-0.25, -0.2) is 0 Å². The van der Waals surface area contributed by atoms with E-state index in [0.29, 0.717) is 0 Å². The first-order valence-electron chi connectivity index (χ1n) is 50.5. The van der Waals surface area contributed by atoms with E-state index in [1.807, 2.05) is 6.07 Å². The highest BCUT2D eigenvalue weighted by atomic mass is 14.9. The van der Waals surface area contributed by atoms with Crippen molar-refractivity contribution in [3.63, 3.8) is 0 Å². The fourth-order valence-corrected chi connectivity index (χ4v) is 20.4. The molecule has 0 heterocycles. The lowest BCUT2D eigenvalue weighted by atomic mass is 9.79. The summed E-state index contributed by atoms with van der Waals surface area (Å²) in [5.74, 6) is -1.79. The average molecular weight is 1630 g/mol. The predicted molar refractivity (Wildman–Crippen MR) is 533 cm³/mol. The molecular weight excluding hydrogens is 1480 g/mol. The zero-order valence-electron chi connectivity index (χ0n) is 82.7. The van der Waals surface area contributed by atoms with E-state index in [2.05, 4.69) is 362 Å². The summed E-state index contributed by atoms with van der Waals surface area (Å²) in [5.41, 5.74) is 35.3. The van der Waals surface area contributed by atoms with Gasteiger partial charge in [-0.3, -0.25) is 0 Å². The van der Waals surface area contributed by atoms with Gasteiger partial charge in [0.1, 0.15) is 0 Å². The number of nitrogens with one attached hydrogen (secondary N) is 3. The van der Waals surface area contributed by atoms with Crippen molar-refractivity contribution in [2.75, 3.05) is 16.0 Å². The van der Waals surface area contributed by atoms with E-state index >= 15 is 0 Å². The normalized spacial score (nSPS) is 19.7. The molecule has 0 saturated heterocycles. The number of fused-ring (bicyclic) bond motifs is 9. The average Bonchev–Trinajstić information content (AvgIpc) is 1.57. The number of rotatable bonds is 15. The van der Waals surface area contributed by atoms with Gasteiger partial charge in [-0.05, 0) is 331 Å². The highest BCUT2D eigenvalue weighted by Gasteiger charge is 2.42. The standard InChI is InChI=1S/C39H43N.C37H39N.C33H31N.2C4H10.C3H8/c1-39(2)35-21-13-12-20-31(35)34-25-33(29-18-10-5-11-19-29)38(26-36(34)39)40-37-23-22-30(27-14-6-3-7-15-27)24-32(37)28-16-8-4-9-17-28;1-37(2)33-19-11-10-18-29(33)32-23-31(27-16-8-9-17-27)36(24-34(32)37)38-35-21-20-28(25-12-4-3-5-13-25)22-30(35)26-14-6-7-15-26;1-33(2)29-11-7-6-10-25(29)28-19-27(23-14-15-23)32(20-30(28)33)34-31-17-16-24(18-26(31)22-12-13-22)21-8-4-3-5-9-21;2*1-4(2)3;1-3-2/h3,6-7,12-15,20-26,28-29,40H,4-5,8-11,16-19H2,1-2H3;3-5,10-13,18-24,26-27,38H,6-9,14-17H2,1-2H3;3-11,16-20,22-23,34H,12-15H2,1-2H3;2*4H,1-3H3;3H2,1-2H3/i28D,29D;26D,27D;22D,23D;;;. The zero-order chi connectivity index (χ0) is 91.1. The van der Waals surface area contributed by atoms with Crippen LogP contribution in [-0.2, 0) is 16.2 Å². The molecule has 0 atom stereocenters. The van der Waals surface area contributed by atoms with Crippen molar-refractivity contribution in [1.29, 1.82) is 0 Å². The molecule has 3 heteroatoms. The van der Waals surface area contributed by atoms with Gasteiger partial charge in [0.05, 0.1) is 0 Å². The first-order valence-corrected chi connectivity index (χ1v) is 47.5. The first-order chi connectivity index (χ1) is 61.7. The molecule has 123 heavy (non-hydrogen) atoms. The molecule has 3 nitrogen and oxygen atoms in total. The smallest absolute Gasteiger partial charge is 0.0423 e. The largest absolute Gasteiger partial charge is 0.355 e. The molecule has 3 N–H and O–H groups in total. The van der Waals surface area contributed by atoms with Crippen molar-refractivity contribution in [1.82, 2.24) is 0 Å². The van der Waals surface area contributed by atoms with Crippen molar-refractivity contribution in [2.45, 2.75) is 296 Å². The van der Waals surface area contributed by atoms with Crippen LogP contribution >= 0.6 is 0 Å². The Hall–Kier alpha value is -9.96. The molecule has 0 radical (unpaired) electrons. The molecule has 6 saturated carbocycles. The van der Waals surface area contributed by atoms with Crippen LogP contribution in [0.2, 0.25) is 0 Å². The Morgan fingerprint density at radius 2 is 0.447 bits per heavy atom. The monoisotopic (exact) mass is 1630 g/mol. The maximum Gasteiger partial charge on any atom is 0.0423 e. The lowest BCUT2D eigenvalue weighted by molar-refractivity contribution is 0.443. The van der Waals surface area contributed by atoms with Crippen molar-refractivity contribution < 1.29 is 8.22 Å². The molecule has 6 fully saturated rings. The van der Waals surface area contributed by atoms with Crippen LogP contribution in [0.25, 0.3) is 66.8 Å². The van der Waals surface area contributed by atoms with Crippen molar-refractivity contribution in [3.05, 3.63) is 322 Å². The third-order valence-electron chi connectivity index (χ3n) is 27.0. The quantitative estimate of drug-likeness (QED) is 0.0957. The Kier molecular flexibility index (Phi) is 24.6. The van der Waals surface area contributed by atoms with Gasteiger partial charge >= 0.3 is 0 Å². The summed E-state index contributed by atoms with van der Waals surface area (Å²) in [6.07, 6.45) is 23.2. The molecule has 0 spiro atoms. The Balaban J connectivity index is 0.000000134. The molecule has 9 aliphatic rings. The summed E-state index contributed by atoms with van der Waals surface area (Å²) in [5, 5.41) is 11.6. The van der Waals surface area contributed by atoms with Crippen LogP contribution in [0, 0.1) is 11.8 Å². The summed E-state index contributed by atoms with van der Waals surface area (Å²) in [4.78, 5) is 0. The highest BCUT2D eigenvalue weighted by Crippen LogP contribution is 2.58. The van der Waals surface area contributed by atoms with Crippen LogP contribution in [0.5, 0.6) is 0 Å². The molecule has 12 aromatic rings. The van der Waals surface area contributed by atoms with Gasteiger partial charge in [-0.15, -0.1) is 0 Å². The molecule has 0 bridgehead atoms. The summed E-state index contributed by atoms with van der Waals surface area (Å²) >= 11 is 0. The third-order valence-corrected chi connectivity index (χ3v) is 27.0. The van der Waals surface area contributed by atoms with Crippen LogP contribution in [-0.4, -0.2) is 0 Å². The van der Waals surface area contributed by atoms with Crippen LogP contribution in [0.3, 0.4) is 0 Å². The lowest BCUT2D eigenvalue weighted by Gasteiger charge is -2.29. The van der Waals surface area contributed by atoms with Gasteiger partial charge in [-0.1, -0.05) is 350 Å². The van der Waals surface area contributed by atoms with E-state index in [1.165, 1.54) is 108 Å². The third kappa shape index (κ3) is 19.2. The van der Waals surface area contributed by atoms with E-state index in [1.54, 1.807) is 0 Å². The number of benzene rings is 12. The Bertz CT molecular complexity index is 5950. The topological polar surface area (TPSA) is 36.1 Å². The fraction of sp³-hybridized carbons (Fsp3) is 0.400. The zero-order valence-corrected chi connectivity index (χ0v) is 76.7. The lowest BCUT2D eigenvalue weighted by Crippen LogP contribution is -2.16. The molecule has 0 aliphatic heterocycles. The van der Waals surface area contributed by atoms with Crippen molar-refractivity contribution >= 4 is 34.1 Å². The van der Waals surface area contributed by atoms with Crippen molar-refractivity contribution in [2.24, 2.45) is 11.8 Å². The number of hydrogen-bond donors (Lipinski definition) is 3. The maximum atomic E-state index is 9.77. The van der Waals surface area contributed by atoms with Crippen LogP contribution in [0.15, 0.2) is 255 Å². The number of anilines is 6. The van der Waals surface area contributed by atoms with Gasteiger partial charge in [0, 0.05) is 58.6 Å². The highest BCUT2D eigenvalue weighted by molar-refractivity contribution is 5.89. The molecule has 0 amide bonds. The molecule has 12 aromatic carbocycles.